The topological polar surface area (TPSA) is 71.3 Å². The van der Waals surface area contributed by atoms with E-state index in [-0.39, 0.29) is 27.0 Å². The van der Waals surface area contributed by atoms with Crippen LogP contribution in [-0.4, -0.2) is 4.92 Å². The Balaban J connectivity index is 2.83. The summed E-state index contributed by atoms with van der Waals surface area (Å²) in [7, 11) is 0. The van der Waals surface area contributed by atoms with E-state index in [9.17, 15) is 10.1 Å². The number of nitro benzene ring substituents is 1. The van der Waals surface area contributed by atoms with Crippen molar-refractivity contribution in [1.82, 2.24) is 0 Å². The standard InChI is InChI=1S/C12H6Cl2N3O2/c13-9-6-8(7-4-2-1-3-5-7)12(17(18)19)10(14)11(9)16-15/h1-6H/q+1. The van der Waals surface area contributed by atoms with E-state index in [0.29, 0.717) is 5.56 Å². The van der Waals surface area contributed by atoms with Crippen molar-refractivity contribution >= 4 is 34.6 Å². The van der Waals surface area contributed by atoms with Gasteiger partial charge in [-0.1, -0.05) is 53.5 Å². The molecule has 0 fully saturated rings. The predicted octanol–water partition coefficient (Wildman–Crippen LogP) is 5.05. The molecule has 0 saturated heterocycles. The fourth-order valence-corrected chi connectivity index (χ4v) is 2.31. The second-order valence-corrected chi connectivity index (χ2v) is 4.43. The lowest BCUT2D eigenvalue weighted by molar-refractivity contribution is -0.383. The Morgan fingerprint density at radius 3 is 2.37 bits per heavy atom. The Kier molecular flexibility index (Phi) is 3.65. The van der Waals surface area contributed by atoms with Crippen LogP contribution in [0.25, 0.3) is 16.1 Å². The van der Waals surface area contributed by atoms with E-state index in [1.807, 2.05) is 0 Å². The van der Waals surface area contributed by atoms with Crippen molar-refractivity contribution in [3.63, 3.8) is 0 Å². The fraction of sp³-hybridized carbons (Fsp3) is 0. The number of halogens is 2. The molecule has 19 heavy (non-hydrogen) atoms. The first-order chi connectivity index (χ1) is 9.06. The van der Waals surface area contributed by atoms with Gasteiger partial charge in [0.15, 0.2) is 4.98 Å². The number of nitro groups is 1. The molecular weight excluding hydrogens is 289 g/mol. The van der Waals surface area contributed by atoms with Gasteiger partial charge in [0.1, 0.15) is 5.02 Å². The van der Waals surface area contributed by atoms with Crippen molar-refractivity contribution < 1.29 is 4.92 Å². The summed E-state index contributed by atoms with van der Waals surface area (Å²) in [6.07, 6.45) is 0. The molecule has 0 N–H and O–H groups in total. The summed E-state index contributed by atoms with van der Waals surface area (Å²) in [5.74, 6) is 0. The van der Waals surface area contributed by atoms with E-state index >= 15 is 0 Å². The highest BCUT2D eigenvalue weighted by molar-refractivity contribution is 6.41. The van der Waals surface area contributed by atoms with Crippen molar-refractivity contribution in [2.24, 2.45) is 0 Å². The largest absolute Gasteiger partial charge is 0.428 e. The molecular formula is C12H6Cl2N3O2+. The van der Waals surface area contributed by atoms with E-state index in [1.165, 1.54) is 6.07 Å². The molecule has 0 aliphatic heterocycles. The lowest BCUT2D eigenvalue weighted by Gasteiger charge is -2.04. The molecule has 7 heteroatoms. The zero-order chi connectivity index (χ0) is 14.0. The van der Waals surface area contributed by atoms with Gasteiger partial charge in [-0.2, -0.15) is 0 Å². The summed E-state index contributed by atoms with van der Waals surface area (Å²) in [6.45, 7) is 0. The molecule has 2 rings (SSSR count). The molecule has 5 nitrogen and oxygen atoms in total. The summed E-state index contributed by atoms with van der Waals surface area (Å²) < 4.78 is 0. The zero-order valence-corrected chi connectivity index (χ0v) is 10.9. The highest BCUT2D eigenvalue weighted by Gasteiger charge is 2.32. The lowest BCUT2D eigenvalue weighted by Crippen LogP contribution is -1.94. The normalized spacial score (nSPS) is 9.95. The molecule has 0 heterocycles. The average molecular weight is 295 g/mol. The average Bonchev–Trinajstić information content (AvgIpc) is 2.39. The number of benzene rings is 2. The third-order valence-electron chi connectivity index (χ3n) is 2.54. The van der Waals surface area contributed by atoms with Crippen LogP contribution in [0.2, 0.25) is 10.0 Å². The van der Waals surface area contributed by atoms with Crippen molar-refractivity contribution in [2.75, 3.05) is 0 Å². The Bertz CT molecular complexity index is 696. The molecule has 0 amide bonds. The van der Waals surface area contributed by atoms with Gasteiger partial charge in [-0.15, -0.1) is 0 Å². The number of diazo groups is 1. The minimum Gasteiger partial charge on any atom is -0.258 e. The molecule has 2 aromatic rings. The summed E-state index contributed by atoms with van der Waals surface area (Å²) in [5.41, 5.74) is 0.315. The summed E-state index contributed by atoms with van der Waals surface area (Å²) in [5, 5.41) is 19.7. The van der Waals surface area contributed by atoms with Crippen molar-refractivity contribution in [1.29, 1.82) is 5.39 Å². The maximum Gasteiger partial charge on any atom is 0.428 e. The first kappa shape index (κ1) is 13.3. The molecule has 0 aliphatic carbocycles. The highest BCUT2D eigenvalue weighted by Crippen LogP contribution is 2.45. The summed E-state index contributed by atoms with van der Waals surface area (Å²) >= 11 is 11.8. The van der Waals surface area contributed by atoms with Gasteiger partial charge >= 0.3 is 11.4 Å². The molecule has 2 aromatic carbocycles. The van der Waals surface area contributed by atoms with Crippen LogP contribution in [0.4, 0.5) is 11.4 Å². The smallest absolute Gasteiger partial charge is 0.258 e. The van der Waals surface area contributed by atoms with Crippen LogP contribution in [-0.2, 0) is 0 Å². The van der Waals surface area contributed by atoms with Gasteiger partial charge in [0, 0.05) is 0 Å². The number of hydrogen-bond acceptors (Lipinski definition) is 3. The van der Waals surface area contributed by atoms with Gasteiger partial charge in [0.25, 0.3) is 0 Å². The lowest BCUT2D eigenvalue weighted by atomic mass is 10.0. The van der Waals surface area contributed by atoms with Gasteiger partial charge in [-0.3, -0.25) is 10.1 Å². The van der Waals surface area contributed by atoms with E-state index in [1.54, 1.807) is 30.3 Å². The van der Waals surface area contributed by atoms with Crippen molar-refractivity contribution in [3.05, 3.63) is 61.5 Å². The Morgan fingerprint density at radius 2 is 1.84 bits per heavy atom. The Labute approximate surface area is 118 Å². The predicted molar refractivity (Wildman–Crippen MR) is 73.3 cm³/mol. The molecule has 0 unspecified atom stereocenters. The second-order valence-electron chi connectivity index (χ2n) is 3.64. The van der Waals surface area contributed by atoms with Crippen LogP contribution >= 0.6 is 23.2 Å². The Hall–Kier alpha value is -2.16. The van der Waals surface area contributed by atoms with Crippen LogP contribution in [0.1, 0.15) is 0 Å². The van der Waals surface area contributed by atoms with Crippen molar-refractivity contribution in [2.45, 2.75) is 0 Å². The molecule has 0 bridgehead atoms. The van der Waals surface area contributed by atoms with Gasteiger partial charge in [0.2, 0.25) is 10.4 Å². The molecule has 0 saturated carbocycles. The van der Waals surface area contributed by atoms with Gasteiger partial charge < -0.3 is 0 Å². The first-order valence-electron chi connectivity index (χ1n) is 5.13. The molecule has 0 radical (unpaired) electrons. The van der Waals surface area contributed by atoms with Gasteiger partial charge in [-0.05, 0) is 11.6 Å². The molecule has 0 aliphatic rings. The quantitative estimate of drug-likeness (QED) is 0.442. The first-order valence-corrected chi connectivity index (χ1v) is 5.88. The van der Waals surface area contributed by atoms with E-state index < -0.39 is 4.92 Å². The number of nitrogens with zero attached hydrogens (tertiary/aromatic N) is 3. The number of rotatable bonds is 2. The third kappa shape index (κ3) is 2.36. The van der Waals surface area contributed by atoms with Gasteiger partial charge in [-0.25, -0.2) is 0 Å². The third-order valence-corrected chi connectivity index (χ3v) is 3.18. The van der Waals surface area contributed by atoms with Crippen LogP contribution < -0.4 is 0 Å². The molecule has 0 spiro atoms. The van der Waals surface area contributed by atoms with E-state index in [4.69, 9.17) is 28.6 Å². The second kappa shape index (κ2) is 5.22. The van der Waals surface area contributed by atoms with Crippen LogP contribution in [0.5, 0.6) is 0 Å². The maximum absolute atomic E-state index is 11.2. The van der Waals surface area contributed by atoms with E-state index in [0.717, 1.165) is 0 Å². The molecule has 94 valence electrons. The Morgan fingerprint density at radius 1 is 1.21 bits per heavy atom. The SMILES string of the molecule is N#[N+]c1c(Cl)cc(-c2ccccc2)c([N+](=O)[O-])c1Cl. The summed E-state index contributed by atoms with van der Waals surface area (Å²) in [6, 6.07) is 10.0. The monoisotopic (exact) mass is 294 g/mol. The van der Waals surface area contributed by atoms with Gasteiger partial charge in [0.05, 0.1) is 10.5 Å². The van der Waals surface area contributed by atoms with E-state index in [2.05, 4.69) is 4.98 Å². The number of hydrogen-bond donors (Lipinski definition) is 0. The maximum atomic E-state index is 11.2. The zero-order valence-electron chi connectivity index (χ0n) is 9.38. The minimum atomic E-state index is -0.629. The highest BCUT2D eigenvalue weighted by atomic mass is 35.5. The van der Waals surface area contributed by atoms with Crippen molar-refractivity contribution in [3.8, 4) is 11.1 Å². The molecule has 0 atom stereocenters. The molecule has 0 aromatic heterocycles. The van der Waals surface area contributed by atoms with Crippen LogP contribution in [0, 0.1) is 15.5 Å². The minimum absolute atomic E-state index is 0.0388. The van der Waals surface area contributed by atoms with Crippen LogP contribution in [0.15, 0.2) is 36.4 Å². The van der Waals surface area contributed by atoms with Crippen LogP contribution in [0.3, 0.4) is 0 Å². The fourth-order valence-electron chi connectivity index (χ4n) is 1.71. The summed E-state index contributed by atoms with van der Waals surface area (Å²) in [4.78, 5) is 13.4.